The smallest absolute Gasteiger partial charge is 0.267 e. The molecular formula is C24H14Cl2N2O2S2. The fourth-order valence-electron chi connectivity index (χ4n) is 3.37. The van der Waals surface area contributed by atoms with Crippen molar-refractivity contribution in [1.82, 2.24) is 0 Å². The Kier molecular flexibility index (Phi) is 5.61. The number of carbonyl (C=O) groups excluding carboxylic acids is 2. The van der Waals surface area contributed by atoms with Gasteiger partial charge in [-0.3, -0.25) is 9.59 Å². The van der Waals surface area contributed by atoms with Gasteiger partial charge in [0.15, 0.2) is 0 Å². The van der Waals surface area contributed by atoms with Crippen LogP contribution in [0.5, 0.6) is 0 Å². The molecule has 3 aromatic carbocycles. The number of benzene rings is 3. The second-order valence-corrected chi connectivity index (χ2v) is 9.83. The Morgan fingerprint density at radius 2 is 1.06 bits per heavy atom. The summed E-state index contributed by atoms with van der Waals surface area (Å²) in [7, 11) is 0. The van der Waals surface area contributed by atoms with Gasteiger partial charge < -0.3 is 10.6 Å². The highest BCUT2D eigenvalue weighted by atomic mass is 35.5. The number of anilines is 2. The van der Waals surface area contributed by atoms with Gasteiger partial charge >= 0.3 is 0 Å². The SMILES string of the molecule is O=C(Nc1cccc(NC(=O)c2sc3ccccc3c2Cl)c1)c1sc2ccccc2c1Cl. The molecule has 0 bridgehead atoms. The molecule has 0 spiro atoms. The minimum atomic E-state index is -0.299. The van der Waals surface area contributed by atoms with Gasteiger partial charge in [0.2, 0.25) is 0 Å². The molecule has 5 rings (SSSR count). The quantitative estimate of drug-likeness (QED) is 0.265. The van der Waals surface area contributed by atoms with E-state index in [1.807, 2.05) is 48.5 Å². The van der Waals surface area contributed by atoms with Crippen molar-refractivity contribution in [3.05, 3.63) is 92.6 Å². The van der Waals surface area contributed by atoms with Crippen LogP contribution in [0.2, 0.25) is 10.0 Å². The number of hydrogen-bond acceptors (Lipinski definition) is 4. The highest BCUT2D eigenvalue weighted by Gasteiger charge is 2.19. The van der Waals surface area contributed by atoms with Gasteiger partial charge in [-0.2, -0.15) is 0 Å². The first-order chi connectivity index (χ1) is 15.5. The Balaban J connectivity index is 1.36. The van der Waals surface area contributed by atoms with E-state index in [9.17, 15) is 9.59 Å². The van der Waals surface area contributed by atoms with E-state index in [0.717, 1.165) is 20.2 Å². The molecule has 0 saturated heterocycles. The first-order valence-electron chi connectivity index (χ1n) is 9.58. The Labute approximate surface area is 201 Å². The maximum Gasteiger partial charge on any atom is 0.267 e. The van der Waals surface area contributed by atoms with Gasteiger partial charge in [0, 0.05) is 31.5 Å². The fraction of sp³-hybridized carbons (Fsp3) is 0. The summed E-state index contributed by atoms with van der Waals surface area (Å²) < 4.78 is 1.90. The largest absolute Gasteiger partial charge is 0.321 e. The summed E-state index contributed by atoms with van der Waals surface area (Å²) in [5.41, 5.74) is 1.09. The van der Waals surface area contributed by atoms with E-state index in [0.29, 0.717) is 31.2 Å². The minimum absolute atomic E-state index is 0.299. The maximum atomic E-state index is 12.8. The molecule has 32 heavy (non-hydrogen) atoms. The molecule has 0 aliphatic rings. The summed E-state index contributed by atoms with van der Waals surface area (Å²) in [6.45, 7) is 0. The normalized spacial score (nSPS) is 11.1. The molecule has 0 atom stereocenters. The number of amides is 2. The van der Waals surface area contributed by atoms with Crippen molar-refractivity contribution in [3.63, 3.8) is 0 Å². The molecule has 2 aromatic heterocycles. The molecule has 0 saturated carbocycles. The predicted octanol–water partition coefficient (Wildman–Crippen LogP) is 7.93. The highest BCUT2D eigenvalue weighted by Crippen LogP contribution is 2.37. The first-order valence-corrected chi connectivity index (χ1v) is 12.0. The lowest BCUT2D eigenvalue weighted by molar-refractivity contribution is 0.102. The first kappa shape index (κ1) is 21.0. The number of carbonyl (C=O) groups is 2. The number of halogens is 2. The van der Waals surface area contributed by atoms with Crippen LogP contribution in [-0.4, -0.2) is 11.8 Å². The van der Waals surface area contributed by atoms with E-state index in [1.54, 1.807) is 24.3 Å². The molecule has 0 radical (unpaired) electrons. The van der Waals surface area contributed by atoms with Crippen LogP contribution >= 0.6 is 45.9 Å². The van der Waals surface area contributed by atoms with Gasteiger partial charge in [0.1, 0.15) is 9.75 Å². The van der Waals surface area contributed by atoms with E-state index in [2.05, 4.69) is 10.6 Å². The van der Waals surface area contributed by atoms with Crippen molar-refractivity contribution in [2.75, 3.05) is 10.6 Å². The average Bonchev–Trinajstić information content (AvgIpc) is 3.32. The third kappa shape index (κ3) is 3.87. The summed E-state index contributed by atoms with van der Waals surface area (Å²) in [5, 5.41) is 8.30. The Hall–Kier alpha value is -2.90. The lowest BCUT2D eigenvalue weighted by Crippen LogP contribution is -2.13. The van der Waals surface area contributed by atoms with Crippen molar-refractivity contribution in [2.24, 2.45) is 0 Å². The third-order valence-electron chi connectivity index (χ3n) is 4.86. The molecule has 0 unspecified atom stereocenters. The summed E-state index contributed by atoms with van der Waals surface area (Å²) in [6.07, 6.45) is 0. The molecule has 0 aliphatic heterocycles. The topological polar surface area (TPSA) is 58.2 Å². The number of hydrogen-bond donors (Lipinski definition) is 2. The van der Waals surface area contributed by atoms with Gasteiger partial charge in [0.25, 0.3) is 11.8 Å². The van der Waals surface area contributed by atoms with Gasteiger partial charge in [0.05, 0.1) is 10.0 Å². The number of rotatable bonds is 4. The molecule has 0 fully saturated rings. The highest BCUT2D eigenvalue weighted by molar-refractivity contribution is 7.22. The van der Waals surface area contributed by atoms with Gasteiger partial charge in [-0.1, -0.05) is 65.7 Å². The van der Waals surface area contributed by atoms with Crippen LogP contribution in [0.15, 0.2) is 72.8 Å². The molecule has 0 aliphatic carbocycles. The molecule has 8 heteroatoms. The number of thiophene rings is 2. The minimum Gasteiger partial charge on any atom is -0.321 e. The summed E-state index contributed by atoms with van der Waals surface area (Å²) in [4.78, 5) is 26.5. The van der Waals surface area contributed by atoms with Gasteiger partial charge in [-0.15, -0.1) is 22.7 Å². The van der Waals surface area contributed by atoms with Crippen molar-refractivity contribution < 1.29 is 9.59 Å². The number of nitrogens with one attached hydrogen (secondary N) is 2. The Morgan fingerprint density at radius 3 is 1.50 bits per heavy atom. The zero-order valence-electron chi connectivity index (χ0n) is 16.3. The maximum absolute atomic E-state index is 12.8. The Morgan fingerprint density at radius 1 is 0.625 bits per heavy atom. The zero-order chi connectivity index (χ0) is 22.2. The van der Waals surface area contributed by atoms with Crippen molar-refractivity contribution in [1.29, 1.82) is 0 Å². The van der Waals surface area contributed by atoms with E-state index >= 15 is 0 Å². The summed E-state index contributed by atoms with van der Waals surface area (Å²) >= 11 is 15.5. The fourth-order valence-corrected chi connectivity index (χ4v) is 6.20. The monoisotopic (exact) mass is 496 g/mol. The molecular weight excluding hydrogens is 483 g/mol. The average molecular weight is 497 g/mol. The van der Waals surface area contributed by atoms with Crippen LogP contribution in [0.4, 0.5) is 11.4 Å². The van der Waals surface area contributed by atoms with E-state index in [4.69, 9.17) is 23.2 Å². The van der Waals surface area contributed by atoms with Crippen LogP contribution in [0.1, 0.15) is 19.3 Å². The lowest BCUT2D eigenvalue weighted by Gasteiger charge is -2.08. The van der Waals surface area contributed by atoms with Gasteiger partial charge in [-0.05, 0) is 30.3 Å². The van der Waals surface area contributed by atoms with Crippen molar-refractivity contribution in [2.45, 2.75) is 0 Å². The van der Waals surface area contributed by atoms with Gasteiger partial charge in [-0.25, -0.2) is 0 Å². The standard InChI is InChI=1S/C24H14Cl2N2O2S2/c25-19-15-8-1-3-10-17(15)31-21(19)23(29)27-13-6-5-7-14(12-13)28-24(30)22-20(26)16-9-2-4-11-18(16)32-22/h1-12H,(H,27,29)(H,28,30). The van der Waals surface area contributed by atoms with E-state index < -0.39 is 0 Å². The number of fused-ring (bicyclic) bond motifs is 2. The molecule has 2 amide bonds. The third-order valence-corrected chi connectivity index (χ3v) is 8.21. The van der Waals surface area contributed by atoms with E-state index in [-0.39, 0.29) is 11.8 Å². The van der Waals surface area contributed by atoms with E-state index in [1.165, 1.54) is 22.7 Å². The van der Waals surface area contributed by atoms with Crippen LogP contribution in [-0.2, 0) is 0 Å². The van der Waals surface area contributed by atoms with Crippen LogP contribution in [0.25, 0.3) is 20.2 Å². The molecule has 2 N–H and O–H groups in total. The summed E-state index contributed by atoms with van der Waals surface area (Å²) in [5.74, 6) is -0.598. The zero-order valence-corrected chi connectivity index (χ0v) is 19.5. The lowest BCUT2D eigenvalue weighted by atomic mass is 10.2. The summed E-state index contributed by atoms with van der Waals surface area (Å²) in [6, 6.07) is 22.2. The molecule has 5 aromatic rings. The van der Waals surface area contributed by atoms with Crippen LogP contribution < -0.4 is 10.6 Å². The van der Waals surface area contributed by atoms with Crippen molar-refractivity contribution in [3.8, 4) is 0 Å². The van der Waals surface area contributed by atoms with Crippen LogP contribution in [0, 0.1) is 0 Å². The predicted molar refractivity (Wildman–Crippen MR) is 136 cm³/mol. The molecule has 158 valence electrons. The second-order valence-electron chi connectivity index (χ2n) is 6.97. The Bertz CT molecular complexity index is 1400. The van der Waals surface area contributed by atoms with Crippen molar-refractivity contribution >= 4 is 89.2 Å². The molecule has 2 heterocycles. The van der Waals surface area contributed by atoms with Crippen LogP contribution in [0.3, 0.4) is 0 Å². The second kappa shape index (κ2) is 8.56. The molecule has 4 nitrogen and oxygen atoms in total.